The van der Waals surface area contributed by atoms with Crippen LogP contribution in [0.25, 0.3) is 0 Å². The molecule has 0 aliphatic rings. The summed E-state index contributed by atoms with van der Waals surface area (Å²) in [7, 11) is 1.24. The topological polar surface area (TPSA) is 46.3 Å². The highest BCUT2D eigenvalue weighted by atomic mass is 19.3. The lowest BCUT2D eigenvalue weighted by molar-refractivity contribution is 0.0620. The SMILES string of the molecule is CN(CC(F)F)C(=O)c1ccc(F)c(N)c1. The molecule has 1 rings (SSSR count). The molecule has 1 aromatic carbocycles. The Morgan fingerprint density at radius 1 is 1.50 bits per heavy atom. The van der Waals surface area contributed by atoms with E-state index in [-0.39, 0.29) is 11.3 Å². The number of nitrogen functional groups attached to an aromatic ring is 1. The number of alkyl halides is 2. The molecule has 88 valence electrons. The third-order valence-electron chi connectivity index (χ3n) is 2.00. The Morgan fingerprint density at radius 3 is 2.62 bits per heavy atom. The van der Waals surface area contributed by atoms with E-state index in [1.165, 1.54) is 13.1 Å². The van der Waals surface area contributed by atoms with E-state index in [4.69, 9.17) is 5.73 Å². The van der Waals surface area contributed by atoms with Crippen LogP contribution in [0.2, 0.25) is 0 Å². The first-order chi connectivity index (χ1) is 7.41. The Hall–Kier alpha value is -1.72. The number of hydrogen-bond acceptors (Lipinski definition) is 2. The maximum absolute atomic E-state index is 12.8. The highest BCUT2D eigenvalue weighted by Crippen LogP contribution is 2.14. The first-order valence-corrected chi connectivity index (χ1v) is 4.50. The van der Waals surface area contributed by atoms with Gasteiger partial charge in [0.2, 0.25) is 0 Å². The van der Waals surface area contributed by atoms with Crippen LogP contribution in [-0.2, 0) is 0 Å². The average molecular weight is 232 g/mol. The molecule has 0 spiro atoms. The van der Waals surface area contributed by atoms with Gasteiger partial charge in [-0.25, -0.2) is 13.2 Å². The summed E-state index contributed by atoms with van der Waals surface area (Å²) in [4.78, 5) is 12.4. The van der Waals surface area contributed by atoms with E-state index >= 15 is 0 Å². The number of rotatable bonds is 3. The highest BCUT2D eigenvalue weighted by Gasteiger charge is 2.16. The molecule has 0 bridgehead atoms. The van der Waals surface area contributed by atoms with Gasteiger partial charge in [0, 0.05) is 12.6 Å². The molecule has 3 nitrogen and oxygen atoms in total. The molecule has 0 radical (unpaired) electrons. The number of hydrogen-bond donors (Lipinski definition) is 1. The minimum atomic E-state index is -2.60. The fourth-order valence-electron chi connectivity index (χ4n) is 1.19. The quantitative estimate of drug-likeness (QED) is 0.807. The van der Waals surface area contributed by atoms with Crippen LogP contribution < -0.4 is 5.73 Å². The lowest BCUT2D eigenvalue weighted by Gasteiger charge is -2.16. The minimum Gasteiger partial charge on any atom is -0.396 e. The van der Waals surface area contributed by atoms with Crippen LogP contribution in [0.5, 0.6) is 0 Å². The molecule has 0 saturated heterocycles. The first kappa shape index (κ1) is 12.4. The summed E-state index contributed by atoms with van der Waals surface area (Å²) in [5.74, 6) is -1.26. The van der Waals surface area contributed by atoms with Crippen LogP contribution >= 0.6 is 0 Å². The van der Waals surface area contributed by atoms with Crippen molar-refractivity contribution in [3.05, 3.63) is 29.6 Å². The van der Waals surface area contributed by atoms with Gasteiger partial charge in [-0.15, -0.1) is 0 Å². The summed E-state index contributed by atoms with van der Waals surface area (Å²) >= 11 is 0. The summed E-state index contributed by atoms with van der Waals surface area (Å²) in [6.07, 6.45) is -2.60. The number of benzene rings is 1. The number of anilines is 1. The maximum atomic E-state index is 12.8. The van der Waals surface area contributed by atoms with Crippen molar-refractivity contribution in [3.8, 4) is 0 Å². The lowest BCUT2D eigenvalue weighted by atomic mass is 10.1. The van der Waals surface area contributed by atoms with Gasteiger partial charge in [0.05, 0.1) is 12.2 Å². The van der Waals surface area contributed by atoms with Crippen molar-refractivity contribution in [2.45, 2.75) is 6.43 Å². The van der Waals surface area contributed by atoms with Crippen molar-refractivity contribution < 1.29 is 18.0 Å². The van der Waals surface area contributed by atoms with Crippen molar-refractivity contribution in [2.24, 2.45) is 0 Å². The van der Waals surface area contributed by atoms with Gasteiger partial charge in [0.15, 0.2) is 0 Å². The normalized spacial score (nSPS) is 10.6. The number of halogens is 3. The Labute approximate surface area is 90.6 Å². The molecule has 0 aliphatic heterocycles. The van der Waals surface area contributed by atoms with Gasteiger partial charge < -0.3 is 10.6 Å². The van der Waals surface area contributed by atoms with E-state index in [0.717, 1.165) is 17.0 Å². The van der Waals surface area contributed by atoms with E-state index in [1.54, 1.807) is 0 Å². The number of nitrogens with two attached hydrogens (primary N) is 1. The second-order valence-electron chi connectivity index (χ2n) is 3.31. The van der Waals surface area contributed by atoms with Gasteiger partial charge in [-0.05, 0) is 18.2 Å². The van der Waals surface area contributed by atoms with Gasteiger partial charge >= 0.3 is 0 Å². The molecule has 2 N–H and O–H groups in total. The van der Waals surface area contributed by atoms with Gasteiger partial charge in [-0.2, -0.15) is 0 Å². The summed E-state index contributed by atoms with van der Waals surface area (Å²) in [5.41, 5.74) is 5.17. The van der Waals surface area contributed by atoms with Gasteiger partial charge in [-0.1, -0.05) is 0 Å². The van der Waals surface area contributed by atoms with E-state index in [9.17, 15) is 18.0 Å². The molecular weight excluding hydrogens is 221 g/mol. The second-order valence-corrected chi connectivity index (χ2v) is 3.31. The lowest BCUT2D eigenvalue weighted by Crippen LogP contribution is -2.31. The molecule has 0 aromatic heterocycles. The summed E-state index contributed by atoms with van der Waals surface area (Å²) in [6.45, 7) is -0.671. The molecule has 0 fully saturated rings. The predicted octanol–water partition coefficient (Wildman–Crippen LogP) is 1.75. The zero-order chi connectivity index (χ0) is 12.3. The van der Waals surface area contributed by atoms with Gasteiger partial charge in [-0.3, -0.25) is 4.79 Å². The van der Waals surface area contributed by atoms with Crippen LogP contribution in [0.3, 0.4) is 0 Å². The highest BCUT2D eigenvalue weighted by molar-refractivity contribution is 5.94. The molecule has 0 atom stereocenters. The van der Waals surface area contributed by atoms with Crippen LogP contribution in [0, 0.1) is 5.82 Å². The Morgan fingerprint density at radius 2 is 2.12 bits per heavy atom. The number of nitrogens with zero attached hydrogens (tertiary/aromatic N) is 1. The third-order valence-corrected chi connectivity index (χ3v) is 2.00. The zero-order valence-electron chi connectivity index (χ0n) is 8.58. The molecule has 16 heavy (non-hydrogen) atoms. The van der Waals surface area contributed by atoms with Crippen molar-refractivity contribution in [1.29, 1.82) is 0 Å². The zero-order valence-corrected chi connectivity index (χ0v) is 8.58. The monoisotopic (exact) mass is 232 g/mol. The minimum absolute atomic E-state index is 0.0852. The fraction of sp³-hybridized carbons (Fsp3) is 0.300. The molecule has 0 heterocycles. The Bertz CT molecular complexity index is 396. The first-order valence-electron chi connectivity index (χ1n) is 4.50. The fourth-order valence-corrected chi connectivity index (χ4v) is 1.19. The van der Waals surface area contributed by atoms with Crippen LogP contribution in [0.4, 0.5) is 18.9 Å². The molecular formula is C10H11F3N2O. The largest absolute Gasteiger partial charge is 0.396 e. The summed E-state index contributed by atoms with van der Waals surface area (Å²) < 4.78 is 36.9. The summed E-state index contributed by atoms with van der Waals surface area (Å²) in [5, 5.41) is 0. The standard InChI is InChI=1S/C10H11F3N2O/c1-15(5-9(12)13)10(16)6-2-3-7(11)8(14)4-6/h2-4,9H,5,14H2,1H3. The van der Waals surface area contributed by atoms with E-state index < -0.39 is 24.7 Å². The molecule has 6 heteroatoms. The van der Waals surface area contributed by atoms with Gasteiger partial charge in [0.1, 0.15) is 5.82 Å². The maximum Gasteiger partial charge on any atom is 0.255 e. The molecule has 1 amide bonds. The third kappa shape index (κ3) is 2.88. The Kier molecular flexibility index (Phi) is 3.76. The van der Waals surface area contributed by atoms with Crippen LogP contribution in [0.1, 0.15) is 10.4 Å². The average Bonchev–Trinajstić information content (AvgIpc) is 2.20. The number of carbonyl (C=O) groups is 1. The van der Waals surface area contributed by atoms with E-state index in [1.807, 2.05) is 0 Å². The molecule has 0 unspecified atom stereocenters. The van der Waals surface area contributed by atoms with E-state index in [0.29, 0.717) is 0 Å². The Balaban J connectivity index is 2.84. The number of carbonyl (C=O) groups excluding carboxylic acids is 1. The van der Waals surface area contributed by atoms with Gasteiger partial charge in [0.25, 0.3) is 12.3 Å². The van der Waals surface area contributed by atoms with Crippen molar-refractivity contribution in [3.63, 3.8) is 0 Å². The van der Waals surface area contributed by atoms with Crippen molar-refractivity contribution >= 4 is 11.6 Å². The second kappa shape index (κ2) is 4.87. The smallest absolute Gasteiger partial charge is 0.255 e. The molecule has 0 saturated carbocycles. The summed E-state index contributed by atoms with van der Waals surface area (Å²) in [6, 6.07) is 3.36. The number of amides is 1. The van der Waals surface area contributed by atoms with Crippen LogP contribution in [-0.4, -0.2) is 30.8 Å². The van der Waals surface area contributed by atoms with Crippen molar-refractivity contribution in [2.75, 3.05) is 19.3 Å². The molecule has 0 aliphatic carbocycles. The van der Waals surface area contributed by atoms with Crippen LogP contribution in [0.15, 0.2) is 18.2 Å². The molecule has 1 aromatic rings. The predicted molar refractivity (Wildman–Crippen MR) is 53.8 cm³/mol. The van der Waals surface area contributed by atoms with E-state index in [2.05, 4.69) is 0 Å². The van der Waals surface area contributed by atoms with Crippen molar-refractivity contribution in [1.82, 2.24) is 4.90 Å².